The Morgan fingerprint density at radius 2 is 2.29 bits per heavy atom. The molecule has 1 aliphatic heterocycles. The molecule has 7 heteroatoms. The fraction of sp³-hybridized carbons (Fsp3) is 0.429. The lowest BCUT2D eigenvalue weighted by molar-refractivity contribution is -0.124. The van der Waals surface area contributed by atoms with E-state index in [4.69, 9.17) is 16.3 Å². The quantitative estimate of drug-likeness (QED) is 0.878. The number of nitrogens with one attached hydrogen (secondary N) is 1. The number of nitrogens with zero attached hydrogens (tertiary/aromatic N) is 1. The third-order valence-electron chi connectivity index (χ3n) is 3.30. The number of rotatable bonds is 4. The fourth-order valence-corrected chi connectivity index (χ4v) is 2.62. The smallest absolute Gasteiger partial charge is 0.339 e. The summed E-state index contributed by atoms with van der Waals surface area (Å²) in [6.07, 6.45) is 0. The highest BCUT2D eigenvalue weighted by Gasteiger charge is 2.32. The lowest BCUT2D eigenvalue weighted by Crippen LogP contribution is -2.54. The Kier molecular flexibility index (Phi) is 5.03. The van der Waals surface area contributed by atoms with E-state index in [1.54, 1.807) is 17.0 Å². The van der Waals surface area contributed by atoms with Crippen LogP contribution in [0.4, 0.5) is 5.69 Å². The third-order valence-corrected chi connectivity index (χ3v) is 3.61. The molecule has 2 N–H and O–H groups in total. The van der Waals surface area contributed by atoms with E-state index in [-0.39, 0.29) is 23.1 Å². The Bertz CT molecular complexity index is 550. The number of carbonyl (C=O) groups excluding carboxylic acids is 1. The molecule has 114 valence electrons. The average Bonchev–Trinajstić information content (AvgIpc) is 2.47. The van der Waals surface area contributed by atoms with Crippen molar-refractivity contribution in [3.05, 3.63) is 28.8 Å². The molecule has 0 radical (unpaired) electrons. The number of hydrogen-bond donors (Lipinski definition) is 2. The molecule has 0 spiro atoms. The molecule has 21 heavy (non-hydrogen) atoms. The number of amides is 1. The van der Waals surface area contributed by atoms with Crippen LogP contribution in [0.1, 0.15) is 17.3 Å². The Morgan fingerprint density at radius 3 is 2.95 bits per heavy atom. The van der Waals surface area contributed by atoms with Gasteiger partial charge in [-0.05, 0) is 19.1 Å². The normalized spacial score (nSPS) is 18.4. The number of carbonyl (C=O) groups is 2. The lowest BCUT2D eigenvalue weighted by atomic mass is 10.1. The molecule has 0 aromatic heterocycles. The van der Waals surface area contributed by atoms with Crippen LogP contribution in [0, 0.1) is 0 Å². The van der Waals surface area contributed by atoms with Gasteiger partial charge in [-0.1, -0.05) is 17.7 Å². The van der Waals surface area contributed by atoms with E-state index in [1.165, 1.54) is 6.07 Å². The molecule has 1 fully saturated rings. The molecule has 0 aliphatic carbocycles. The molecule has 1 atom stereocenters. The summed E-state index contributed by atoms with van der Waals surface area (Å²) < 4.78 is 5.35. The Balaban J connectivity index is 2.40. The maximum atomic E-state index is 12.1. The monoisotopic (exact) mass is 312 g/mol. The second-order valence-corrected chi connectivity index (χ2v) is 5.03. The molecule has 1 amide bonds. The first-order chi connectivity index (χ1) is 10.1. The van der Waals surface area contributed by atoms with Gasteiger partial charge in [0.15, 0.2) is 0 Å². The van der Waals surface area contributed by atoms with Crippen molar-refractivity contribution < 1.29 is 19.4 Å². The molecule has 6 nitrogen and oxygen atoms in total. The number of likely N-dealkylation sites (N-methyl/N-ethyl adjacent to an activating group) is 1. The number of carboxylic acids is 1. The van der Waals surface area contributed by atoms with Gasteiger partial charge in [-0.3, -0.25) is 4.79 Å². The number of hydrogen-bond acceptors (Lipinski definition) is 4. The maximum Gasteiger partial charge on any atom is 0.339 e. The zero-order chi connectivity index (χ0) is 15.4. The molecule has 1 heterocycles. The Morgan fingerprint density at radius 1 is 1.52 bits per heavy atom. The molecular formula is C14H17ClN2O4. The lowest BCUT2D eigenvalue weighted by Gasteiger charge is -2.37. The van der Waals surface area contributed by atoms with E-state index in [0.29, 0.717) is 25.4 Å². The number of benzene rings is 1. The van der Waals surface area contributed by atoms with Crippen LogP contribution in [0.2, 0.25) is 5.02 Å². The van der Waals surface area contributed by atoms with Crippen molar-refractivity contribution in [3.63, 3.8) is 0 Å². The van der Waals surface area contributed by atoms with E-state index in [0.717, 1.165) is 0 Å². The van der Waals surface area contributed by atoms with Crippen molar-refractivity contribution in [1.29, 1.82) is 0 Å². The van der Waals surface area contributed by atoms with Gasteiger partial charge in [-0.15, -0.1) is 0 Å². The zero-order valence-electron chi connectivity index (χ0n) is 11.6. The number of anilines is 1. The summed E-state index contributed by atoms with van der Waals surface area (Å²) in [5, 5.41) is 12.3. The molecule has 1 saturated heterocycles. The van der Waals surface area contributed by atoms with Gasteiger partial charge in [0.2, 0.25) is 5.91 Å². The van der Waals surface area contributed by atoms with Crippen molar-refractivity contribution in [2.24, 2.45) is 0 Å². The van der Waals surface area contributed by atoms with Crippen LogP contribution >= 0.6 is 11.6 Å². The van der Waals surface area contributed by atoms with Crippen LogP contribution in [0.25, 0.3) is 0 Å². The second-order valence-electron chi connectivity index (χ2n) is 4.62. The maximum absolute atomic E-state index is 12.1. The van der Waals surface area contributed by atoms with Gasteiger partial charge < -0.3 is 20.1 Å². The van der Waals surface area contributed by atoms with Crippen LogP contribution in [0.5, 0.6) is 0 Å². The van der Waals surface area contributed by atoms with Crippen molar-refractivity contribution >= 4 is 29.2 Å². The first kappa shape index (κ1) is 15.6. The predicted octanol–water partition coefficient (Wildman–Crippen LogP) is 1.38. The summed E-state index contributed by atoms with van der Waals surface area (Å²) in [5.74, 6) is -1.30. The predicted molar refractivity (Wildman–Crippen MR) is 79.0 cm³/mol. The summed E-state index contributed by atoms with van der Waals surface area (Å²) >= 11 is 5.99. The molecule has 1 unspecified atom stereocenters. The first-order valence-corrected chi connectivity index (χ1v) is 7.08. The van der Waals surface area contributed by atoms with Gasteiger partial charge in [0.05, 0.1) is 23.9 Å². The minimum Gasteiger partial charge on any atom is -0.478 e. The van der Waals surface area contributed by atoms with Crippen LogP contribution in [-0.2, 0) is 9.53 Å². The summed E-state index contributed by atoms with van der Waals surface area (Å²) in [7, 11) is 0. The minimum atomic E-state index is -1.11. The standard InChI is InChI=1S/C14H17ClN2O4/c1-2-16-13(18)11-8-21-7-6-17(11)10-5-3-4-9(15)12(10)14(19)20/h3-5,11H,2,6-8H2,1H3,(H,16,18)(H,19,20). The molecule has 2 rings (SSSR count). The summed E-state index contributed by atoms with van der Waals surface area (Å²) in [6.45, 7) is 3.42. The fourth-order valence-electron chi connectivity index (χ4n) is 2.37. The van der Waals surface area contributed by atoms with Gasteiger partial charge in [0.1, 0.15) is 11.6 Å². The number of halogens is 1. The summed E-state index contributed by atoms with van der Waals surface area (Å²) in [5.41, 5.74) is 0.449. The molecule has 1 aromatic rings. The summed E-state index contributed by atoms with van der Waals surface area (Å²) in [6, 6.07) is 4.30. The molecule has 0 bridgehead atoms. The number of morpholine rings is 1. The topological polar surface area (TPSA) is 78.9 Å². The largest absolute Gasteiger partial charge is 0.478 e. The van der Waals surface area contributed by atoms with Crippen LogP contribution < -0.4 is 10.2 Å². The second kappa shape index (κ2) is 6.78. The summed E-state index contributed by atoms with van der Waals surface area (Å²) in [4.78, 5) is 25.3. The van der Waals surface area contributed by atoms with Crippen molar-refractivity contribution in [2.45, 2.75) is 13.0 Å². The van der Waals surface area contributed by atoms with E-state index in [2.05, 4.69) is 5.32 Å². The van der Waals surface area contributed by atoms with Gasteiger partial charge in [-0.25, -0.2) is 4.79 Å². The minimum absolute atomic E-state index is 0.00960. The van der Waals surface area contributed by atoms with Gasteiger partial charge >= 0.3 is 5.97 Å². The van der Waals surface area contributed by atoms with Crippen molar-refractivity contribution in [1.82, 2.24) is 5.32 Å². The highest BCUT2D eigenvalue weighted by molar-refractivity contribution is 6.34. The van der Waals surface area contributed by atoms with Crippen molar-refractivity contribution in [3.8, 4) is 0 Å². The van der Waals surface area contributed by atoms with E-state index in [1.807, 2.05) is 6.92 Å². The van der Waals surface area contributed by atoms with Gasteiger partial charge in [0.25, 0.3) is 0 Å². The average molecular weight is 313 g/mol. The SMILES string of the molecule is CCNC(=O)C1COCCN1c1cccc(Cl)c1C(=O)O. The molecule has 1 aliphatic rings. The zero-order valence-corrected chi connectivity index (χ0v) is 12.4. The van der Waals surface area contributed by atoms with Gasteiger partial charge in [0, 0.05) is 13.1 Å². The van der Waals surface area contributed by atoms with Crippen LogP contribution in [0.3, 0.4) is 0 Å². The number of aromatic carboxylic acids is 1. The Labute approximate surface area is 127 Å². The third kappa shape index (κ3) is 3.28. The molecule has 0 saturated carbocycles. The highest BCUT2D eigenvalue weighted by Crippen LogP contribution is 2.30. The Hall–Kier alpha value is -1.79. The van der Waals surface area contributed by atoms with Gasteiger partial charge in [-0.2, -0.15) is 0 Å². The van der Waals surface area contributed by atoms with E-state index >= 15 is 0 Å². The van der Waals surface area contributed by atoms with Crippen LogP contribution in [-0.4, -0.2) is 49.3 Å². The van der Waals surface area contributed by atoms with E-state index < -0.39 is 12.0 Å². The van der Waals surface area contributed by atoms with Crippen LogP contribution in [0.15, 0.2) is 18.2 Å². The first-order valence-electron chi connectivity index (χ1n) is 6.70. The molecule has 1 aromatic carbocycles. The molecular weight excluding hydrogens is 296 g/mol. The van der Waals surface area contributed by atoms with E-state index in [9.17, 15) is 14.7 Å². The highest BCUT2D eigenvalue weighted by atomic mass is 35.5. The number of ether oxygens (including phenoxy) is 1. The van der Waals surface area contributed by atoms with Crippen molar-refractivity contribution in [2.75, 3.05) is 31.2 Å². The number of carboxylic acid groups (broad SMARTS) is 1.